The maximum absolute atomic E-state index is 5.37. The molecule has 0 fully saturated rings. The van der Waals surface area contributed by atoms with Gasteiger partial charge in [-0.1, -0.05) is 28.1 Å². The Morgan fingerprint density at radius 2 is 2.19 bits per heavy atom. The van der Waals surface area contributed by atoms with Crippen LogP contribution in [0.15, 0.2) is 51.6 Å². The smallest absolute Gasteiger partial charge is 0.105 e. The second kappa shape index (κ2) is 5.32. The molecule has 0 aliphatic rings. The van der Waals surface area contributed by atoms with Gasteiger partial charge in [-0.25, -0.2) is 0 Å². The standard InChI is InChI=1S/C13H14BrNO/c1-15-13(9-12-6-3-7-16-12)10-4-2-5-11(14)8-10/h2-8,13,15H,9H2,1H3. The summed E-state index contributed by atoms with van der Waals surface area (Å²) in [6, 6.07) is 12.5. The van der Waals surface area contributed by atoms with E-state index in [1.807, 2.05) is 31.3 Å². The molecular formula is C13H14BrNO. The van der Waals surface area contributed by atoms with Crippen LogP contribution in [0.1, 0.15) is 17.4 Å². The van der Waals surface area contributed by atoms with Crippen molar-refractivity contribution in [2.45, 2.75) is 12.5 Å². The third-order valence-electron chi connectivity index (χ3n) is 2.58. The number of likely N-dealkylation sites (N-methyl/N-ethyl adjacent to an activating group) is 1. The van der Waals surface area contributed by atoms with Crippen molar-refractivity contribution < 1.29 is 4.42 Å². The molecule has 3 heteroatoms. The van der Waals surface area contributed by atoms with Gasteiger partial charge in [0.05, 0.1) is 6.26 Å². The molecule has 2 aromatic rings. The molecule has 0 saturated carbocycles. The van der Waals surface area contributed by atoms with Gasteiger partial charge in [-0.2, -0.15) is 0 Å². The van der Waals surface area contributed by atoms with E-state index in [9.17, 15) is 0 Å². The van der Waals surface area contributed by atoms with Crippen LogP contribution in [0.25, 0.3) is 0 Å². The Labute approximate surface area is 104 Å². The van der Waals surface area contributed by atoms with Gasteiger partial charge < -0.3 is 9.73 Å². The molecule has 1 unspecified atom stereocenters. The molecule has 0 spiro atoms. The van der Waals surface area contributed by atoms with Crippen molar-refractivity contribution in [2.24, 2.45) is 0 Å². The van der Waals surface area contributed by atoms with Crippen LogP contribution in [0.4, 0.5) is 0 Å². The van der Waals surface area contributed by atoms with Crippen LogP contribution >= 0.6 is 15.9 Å². The quantitative estimate of drug-likeness (QED) is 0.926. The van der Waals surface area contributed by atoms with E-state index in [0.717, 1.165) is 16.7 Å². The van der Waals surface area contributed by atoms with Crippen molar-refractivity contribution in [1.29, 1.82) is 0 Å². The molecule has 0 amide bonds. The summed E-state index contributed by atoms with van der Waals surface area (Å²) in [5, 5.41) is 3.30. The third-order valence-corrected chi connectivity index (χ3v) is 3.08. The lowest BCUT2D eigenvalue weighted by molar-refractivity contribution is 0.466. The molecule has 0 radical (unpaired) electrons. The largest absolute Gasteiger partial charge is 0.469 e. The molecule has 1 atom stereocenters. The predicted octanol–water partition coefficient (Wildman–Crippen LogP) is 3.55. The molecule has 2 rings (SSSR count). The van der Waals surface area contributed by atoms with Gasteiger partial charge in [0, 0.05) is 16.9 Å². The minimum atomic E-state index is 0.281. The number of nitrogens with one attached hydrogen (secondary N) is 1. The third kappa shape index (κ3) is 2.74. The van der Waals surface area contributed by atoms with E-state index in [0.29, 0.717) is 0 Å². The summed E-state index contributed by atoms with van der Waals surface area (Å²) in [4.78, 5) is 0. The van der Waals surface area contributed by atoms with Crippen LogP contribution in [0, 0.1) is 0 Å². The maximum atomic E-state index is 5.37. The lowest BCUT2D eigenvalue weighted by atomic mass is 10.0. The maximum Gasteiger partial charge on any atom is 0.105 e. The zero-order valence-electron chi connectivity index (χ0n) is 9.11. The lowest BCUT2D eigenvalue weighted by Crippen LogP contribution is -2.18. The highest BCUT2D eigenvalue weighted by Gasteiger charge is 2.11. The summed E-state index contributed by atoms with van der Waals surface area (Å²) < 4.78 is 6.47. The fourth-order valence-electron chi connectivity index (χ4n) is 1.74. The predicted molar refractivity (Wildman–Crippen MR) is 68.4 cm³/mol. The first kappa shape index (κ1) is 11.4. The Morgan fingerprint density at radius 3 is 2.81 bits per heavy atom. The van der Waals surface area contributed by atoms with Crippen molar-refractivity contribution in [2.75, 3.05) is 7.05 Å². The Balaban J connectivity index is 2.16. The van der Waals surface area contributed by atoms with Gasteiger partial charge in [0.1, 0.15) is 5.76 Å². The van der Waals surface area contributed by atoms with Crippen LogP contribution in [-0.4, -0.2) is 7.05 Å². The molecule has 0 saturated heterocycles. The van der Waals surface area contributed by atoms with E-state index < -0.39 is 0 Å². The molecule has 0 aliphatic carbocycles. The van der Waals surface area contributed by atoms with E-state index in [2.05, 4.69) is 33.4 Å². The SMILES string of the molecule is CNC(Cc1ccco1)c1cccc(Br)c1. The average Bonchev–Trinajstić information content (AvgIpc) is 2.78. The van der Waals surface area contributed by atoms with E-state index in [1.54, 1.807) is 6.26 Å². The fourth-order valence-corrected chi connectivity index (χ4v) is 2.16. The van der Waals surface area contributed by atoms with Crippen LogP contribution in [0.5, 0.6) is 0 Å². The zero-order chi connectivity index (χ0) is 11.4. The normalized spacial score (nSPS) is 12.6. The highest BCUT2D eigenvalue weighted by molar-refractivity contribution is 9.10. The molecule has 2 nitrogen and oxygen atoms in total. The molecule has 1 aromatic heterocycles. The van der Waals surface area contributed by atoms with Crippen molar-refractivity contribution in [3.05, 3.63) is 58.5 Å². The molecule has 0 aliphatic heterocycles. The first-order chi connectivity index (χ1) is 7.79. The Bertz CT molecular complexity index is 439. The van der Waals surface area contributed by atoms with Gasteiger partial charge in [0.25, 0.3) is 0 Å². The highest BCUT2D eigenvalue weighted by atomic mass is 79.9. The van der Waals surface area contributed by atoms with E-state index in [-0.39, 0.29) is 6.04 Å². The summed E-state index contributed by atoms with van der Waals surface area (Å²) in [6.07, 6.45) is 2.57. The lowest BCUT2D eigenvalue weighted by Gasteiger charge is -2.15. The average molecular weight is 280 g/mol. The number of hydrogen-bond acceptors (Lipinski definition) is 2. The van der Waals surface area contributed by atoms with E-state index >= 15 is 0 Å². The van der Waals surface area contributed by atoms with Gasteiger partial charge in [-0.15, -0.1) is 0 Å². The minimum absolute atomic E-state index is 0.281. The van der Waals surface area contributed by atoms with Gasteiger partial charge in [-0.05, 0) is 36.9 Å². The van der Waals surface area contributed by atoms with Gasteiger partial charge in [-0.3, -0.25) is 0 Å². The Kier molecular flexibility index (Phi) is 3.80. The van der Waals surface area contributed by atoms with Crippen LogP contribution in [0.2, 0.25) is 0 Å². The molecule has 1 aromatic carbocycles. The Morgan fingerprint density at radius 1 is 1.31 bits per heavy atom. The van der Waals surface area contributed by atoms with Gasteiger partial charge in [0.15, 0.2) is 0 Å². The second-order valence-corrected chi connectivity index (χ2v) is 4.60. The van der Waals surface area contributed by atoms with E-state index in [1.165, 1.54) is 5.56 Å². The van der Waals surface area contributed by atoms with Crippen molar-refractivity contribution in [3.8, 4) is 0 Å². The van der Waals surface area contributed by atoms with Crippen molar-refractivity contribution in [1.82, 2.24) is 5.32 Å². The summed E-state index contributed by atoms with van der Waals surface area (Å²) in [6.45, 7) is 0. The molecule has 1 heterocycles. The molecule has 1 N–H and O–H groups in total. The van der Waals surface area contributed by atoms with E-state index in [4.69, 9.17) is 4.42 Å². The van der Waals surface area contributed by atoms with Gasteiger partial charge >= 0.3 is 0 Å². The summed E-state index contributed by atoms with van der Waals surface area (Å²) >= 11 is 3.49. The first-order valence-corrected chi connectivity index (χ1v) is 6.04. The van der Waals surface area contributed by atoms with Crippen LogP contribution in [0.3, 0.4) is 0 Å². The summed E-state index contributed by atoms with van der Waals surface area (Å²) in [5.74, 6) is 0.999. The monoisotopic (exact) mass is 279 g/mol. The minimum Gasteiger partial charge on any atom is -0.469 e. The zero-order valence-corrected chi connectivity index (χ0v) is 10.7. The van der Waals surface area contributed by atoms with Gasteiger partial charge in [0.2, 0.25) is 0 Å². The number of benzene rings is 1. The topological polar surface area (TPSA) is 25.2 Å². The first-order valence-electron chi connectivity index (χ1n) is 5.24. The van der Waals surface area contributed by atoms with Crippen molar-refractivity contribution in [3.63, 3.8) is 0 Å². The van der Waals surface area contributed by atoms with Crippen LogP contribution < -0.4 is 5.32 Å². The number of halogens is 1. The summed E-state index contributed by atoms with van der Waals surface area (Å²) in [7, 11) is 1.97. The van der Waals surface area contributed by atoms with Crippen molar-refractivity contribution >= 4 is 15.9 Å². The Hall–Kier alpha value is -1.06. The summed E-state index contributed by atoms with van der Waals surface area (Å²) in [5.41, 5.74) is 1.26. The highest BCUT2D eigenvalue weighted by Crippen LogP contribution is 2.21. The molecular weight excluding hydrogens is 266 g/mol. The molecule has 84 valence electrons. The second-order valence-electron chi connectivity index (χ2n) is 3.68. The number of hydrogen-bond donors (Lipinski definition) is 1. The fraction of sp³-hybridized carbons (Fsp3) is 0.231. The van der Waals surface area contributed by atoms with Crippen LogP contribution in [-0.2, 0) is 6.42 Å². The molecule has 0 bridgehead atoms. The number of rotatable bonds is 4. The molecule has 16 heavy (non-hydrogen) atoms. The number of furan rings is 1.